The molecule has 0 aliphatic rings. The Balaban J connectivity index is 1.73. The second-order valence-electron chi connectivity index (χ2n) is 5.80. The maximum atomic E-state index is 12.0. The van der Waals surface area contributed by atoms with E-state index in [0.29, 0.717) is 11.3 Å². The number of amides is 1. The fourth-order valence-electron chi connectivity index (χ4n) is 2.38. The fraction of sp³-hybridized carbons (Fsp3) is 0.300. The highest BCUT2D eigenvalue weighted by Crippen LogP contribution is 2.13. The zero-order chi connectivity index (χ0) is 18.1. The minimum Gasteiger partial charge on any atom is -0.497 e. The van der Waals surface area contributed by atoms with Crippen molar-refractivity contribution in [1.29, 1.82) is 0 Å². The Hall–Kier alpha value is -2.82. The van der Waals surface area contributed by atoms with E-state index in [1.165, 1.54) is 12.7 Å². The molecule has 2 aromatic rings. The molecule has 2 aromatic carbocycles. The van der Waals surface area contributed by atoms with E-state index < -0.39 is 5.97 Å². The van der Waals surface area contributed by atoms with Crippen LogP contribution >= 0.6 is 0 Å². The van der Waals surface area contributed by atoms with E-state index in [9.17, 15) is 9.59 Å². The first kappa shape index (κ1) is 18.5. The molecule has 0 heterocycles. The quantitative estimate of drug-likeness (QED) is 0.750. The second-order valence-corrected chi connectivity index (χ2v) is 5.80. The molecule has 1 atom stereocenters. The van der Waals surface area contributed by atoms with Crippen molar-refractivity contribution in [2.75, 3.05) is 13.7 Å². The van der Waals surface area contributed by atoms with Gasteiger partial charge in [0.05, 0.1) is 12.7 Å². The topological polar surface area (TPSA) is 64.6 Å². The normalized spacial score (nSPS) is 11.4. The Kier molecular flexibility index (Phi) is 7.01. The van der Waals surface area contributed by atoms with E-state index in [2.05, 4.69) is 17.4 Å². The molecule has 1 N–H and O–H groups in total. The van der Waals surface area contributed by atoms with Gasteiger partial charge in [0.15, 0.2) is 6.61 Å². The standard InChI is InChI=1S/C20H23NO4/c1-15(11-12-16-7-4-3-5-8-16)21-19(22)14-25-20(23)17-9-6-10-18(13-17)24-2/h3-10,13,15H,11-12,14H2,1-2H3,(H,21,22)/t15-/m0/s1. The Bertz CT molecular complexity index is 700. The van der Waals surface area contributed by atoms with Crippen LogP contribution in [0.5, 0.6) is 5.75 Å². The van der Waals surface area contributed by atoms with E-state index in [1.54, 1.807) is 24.3 Å². The number of nitrogens with one attached hydrogen (secondary N) is 1. The molecule has 0 radical (unpaired) electrons. The third-order valence-electron chi connectivity index (χ3n) is 3.76. The molecular formula is C20H23NO4. The molecule has 0 saturated heterocycles. The van der Waals surface area contributed by atoms with Gasteiger partial charge in [-0.1, -0.05) is 36.4 Å². The van der Waals surface area contributed by atoms with Gasteiger partial charge in [-0.25, -0.2) is 4.79 Å². The van der Waals surface area contributed by atoms with Crippen LogP contribution in [-0.4, -0.2) is 31.6 Å². The first-order valence-electron chi connectivity index (χ1n) is 8.23. The van der Waals surface area contributed by atoms with Crippen LogP contribution in [0.25, 0.3) is 0 Å². The molecule has 1 amide bonds. The van der Waals surface area contributed by atoms with Crippen molar-refractivity contribution >= 4 is 11.9 Å². The van der Waals surface area contributed by atoms with Crippen LogP contribution < -0.4 is 10.1 Å². The summed E-state index contributed by atoms with van der Waals surface area (Å²) < 4.78 is 10.1. The zero-order valence-electron chi connectivity index (χ0n) is 14.5. The van der Waals surface area contributed by atoms with Gasteiger partial charge in [-0.05, 0) is 43.5 Å². The number of hydrogen-bond acceptors (Lipinski definition) is 4. The third-order valence-corrected chi connectivity index (χ3v) is 3.76. The lowest BCUT2D eigenvalue weighted by atomic mass is 10.1. The van der Waals surface area contributed by atoms with Crippen LogP contribution in [0.3, 0.4) is 0 Å². The lowest BCUT2D eigenvalue weighted by molar-refractivity contribution is -0.124. The third kappa shape index (κ3) is 6.30. The number of carbonyl (C=O) groups is 2. The molecule has 0 aliphatic carbocycles. The van der Waals surface area contributed by atoms with E-state index in [4.69, 9.17) is 9.47 Å². The van der Waals surface area contributed by atoms with Crippen molar-refractivity contribution < 1.29 is 19.1 Å². The highest BCUT2D eigenvalue weighted by atomic mass is 16.5. The van der Waals surface area contributed by atoms with Gasteiger partial charge >= 0.3 is 5.97 Å². The molecule has 0 spiro atoms. The van der Waals surface area contributed by atoms with Crippen LogP contribution in [-0.2, 0) is 16.0 Å². The minimum atomic E-state index is -0.550. The summed E-state index contributed by atoms with van der Waals surface area (Å²) in [7, 11) is 1.52. The Labute approximate surface area is 148 Å². The van der Waals surface area contributed by atoms with E-state index >= 15 is 0 Å². The molecule has 0 fully saturated rings. The summed E-state index contributed by atoms with van der Waals surface area (Å²) in [5.41, 5.74) is 1.58. The molecule has 0 aromatic heterocycles. The summed E-state index contributed by atoms with van der Waals surface area (Å²) in [6.45, 7) is 1.64. The van der Waals surface area contributed by atoms with E-state index in [0.717, 1.165) is 12.8 Å². The number of esters is 1. The summed E-state index contributed by atoms with van der Waals surface area (Å²) in [5.74, 6) is -0.295. The average molecular weight is 341 g/mol. The van der Waals surface area contributed by atoms with Crippen LogP contribution in [0, 0.1) is 0 Å². The van der Waals surface area contributed by atoms with Crippen LogP contribution in [0.4, 0.5) is 0 Å². The van der Waals surface area contributed by atoms with Crippen molar-refractivity contribution in [1.82, 2.24) is 5.32 Å². The van der Waals surface area contributed by atoms with Gasteiger partial charge in [0, 0.05) is 6.04 Å². The monoisotopic (exact) mass is 341 g/mol. The molecule has 0 saturated carbocycles. The SMILES string of the molecule is COc1cccc(C(=O)OCC(=O)N[C@@H](C)CCc2ccccc2)c1. The predicted octanol–water partition coefficient (Wildman–Crippen LogP) is 2.99. The van der Waals surface area contributed by atoms with Gasteiger partial charge in [-0.15, -0.1) is 0 Å². The molecule has 0 aliphatic heterocycles. The lowest BCUT2D eigenvalue weighted by Crippen LogP contribution is -2.36. The summed E-state index contributed by atoms with van der Waals surface area (Å²) >= 11 is 0. The maximum absolute atomic E-state index is 12.0. The van der Waals surface area contributed by atoms with Crippen LogP contribution in [0.2, 0.25) is 0 Å². The van der Waals surface area contributed by atoms with Gasteiger partial charge in [0.25, 0.3) is 5.91 Å². The minimum absolute atomic E-state index is 0.00299. The molecule has 0 bridgehead atoms. The van der Waals surface area contributed by atoms with Crippen LogP contribution in [0.15, 0.2) is 54.6 Å². The average Bonchev–Trinajstić information content (AvgIpc) is 2.65. The predicted molar refractivity (Wildman–Crippen MR) is 95.6 cm³/mol. The van der Waals surface area contributed by atoms with E-state index in [-0.39, 0.29) is 18.6 Å². The number of benzene rings is 2. The number of aryl methyl sites for hydroxylation is 1. The van der Waals surface area contributed by atoms with Crippen molar-refractivity contribution in [3.8, 4) is 5.75 Å². The Morgan fingerprint density at radius 2 is 1.84 bits per heavy atom. The molecular weight excluding hydrogens is 318 g/mol. The van der Waals surface area contributed by atoms with Crippen molar-refractivity contribution in [3.05, 3.63) is 65.7 Å². The summed E-state index contributed by atoms with van der Waals surface area (Å²) in [6.07, 6.45) is 1.70. The Morgan fingerprint density at radius 3 is 2.56 bits per heavy atom. The summed E-state index contributed by atoms with van der Waals surface area (Å²) in [5, 5.41) is 2.84. The van der Waals surface area contributed by atoms with Gasteiger partial charge in [-0.2, -0.15) is 0 Å². The first-order chi connectivity index (χ1) is 12.1. The zero-order valence-corrected chi connectivity index (χ0v) is 14.5. The molecule has 5 heteroatoms. The highest BCUT2D eigenvalue weighted by Gasteiger charge is 2.12. The van der Waals surface area contributed by atoms with Crippen molar-refractivity contribution in [2.24, 2.45) is 0 Å². The highest BCUT2D eigenvalue weighted by molar-refractivity contribution is 5.91. The second kappa shape index (κ2) is 9.47. The molecule has 5 nitrogen and oxygen atoms in total. The summed E-state index contributed by atoms with van der Waals surface area (Å²) in [4.78, 5) is 23.9. The van der Waals surface area contributed by atoms with Gasteiger partial charge in [0.1, 0.15) is 5.75 Å². The molecule has 2 rings (SSSR count). The summed E-state index contributed by atoms with van der Waals surface area (Å²) in [6, 6.07) is 16.7. The smallest absolute Gasteiger partial charge is 0.338 e. The largest absolute Gasteiger partial charge is 0.497 e. The number of rotatable bonds is 8. The number of ether oxygens (including phenoxy) is 2. The molecule has 0 unspecified atom stereocenters. The van der Waals surface area contributed by atoms with E-state index in [1.807, 2.05) is 25.1 Å². The van der Waals surface area contributed by atoms with Gasteiger partial charge in [-0.3, -0.25) is 4.79 Å². The molecule has 25 heavy (non-hydrogen) atoms. The molecule has 132 valence electrons. The fourth-order valence-corrected chi connectivity index (χ4v) is 2.38. The number of carbonyl (C=O) groups excluding carboxylic acids is 2. The number of methoxy groups -OCH3 is 1. The van der Waals surface area contributed by atoms with Crippen molar-refractivity contribution in [3.63, 3.8) is 0 Å². The lowest BCUT2D eigenvalue weighted by Gasteiger charge is -2.14. The van der Waals surface area contributed by atoms with Gasteiger partial charge in [0.2, 0.25) is 0 Å². The number of hydrogen-bond donors (Lipinski definition) is 1. The van der Waals surface area contributed by atoms with Gasteiger partial charge < -0.3 is 14.8 Å². The van der Waals surface area contributed by atoms with Crippen LogP contribution in [0.1, 0.15) is 29.3 Å². The first-order valence-corrected chi connectivity index (χ1v) is 8.23. The Morgan fingerprint density at radius 1 is 1.08 bits per heavy atom. The maximum Gasteiger partial charge on any atom is 0.338 e. The van der Waals surface area contributed by atoms with Crippen molar-refractivity contribution in [2.45, 2.75) is 25.8 Å².